The van der Waals surface area contributed by atoms with E-state index in [9.17, 15) is 13.2 Å². The average Bonchev–Trinajstić information content (AvgIpc) is 2.83. The lowest BCUT2D eigenvalue weighted by Crippen LogP contribution is -2.41. The van der Waals surface area contributed by atoms with E-state index in [0.29, 0.717) is 5.92 Å². The number of amides is 1. The Balaban J connectivity index is 1.19. The Morgan fingerprint density at radius 2 is 1.72 bits per heavy atom. The molecule has 0 saturated carbocycles. The van der Waals surface area contributed by atoms with Crippen molar-refractivity contribution in [3.8, 4) is 0 Å². The zero-order valence-corrected chi connectivity index (χ0v) is 19.4. The minimum atomic E-state index is -3.64. The summed E-state index contributed by atoms with van der Waals surface area (Å²) >= 11 is 0. The molecule has 0 atom stereocenters. The van der Waals surface area contributed by atoms with Gasteiger partial charge in [0.25, 0.3) is 0 Å². The van der Waals surface area contributed by atoms with Gasteiger partial charge in [0.05, 0.1) is 18.1 Å². The van der Waals surface area contributed by atoms with Gasteiger partial charge in [-0.05, 0) is 54.6 Å². The minimum Gasteiger partial charge on any atom is -0.379 e. The normalized spacial score (nSPS) is 18.8. The number of nitrogens with zero attached hydrogens (tertiary/aromatic N) is 2. The van der Waals surface area contributed by atoms with Gasteiger partial charge < -0.3 is 9.64 Å². The Labute approximate surface area is 190 Å². The minimum absolute atomic E-state index is 0.0258. The number of morpholine rings is 1. The van der Waals surface area contributed by atoms with Crippen LogP contribution in [0.15, 0.2) is 47.4 Å². The fraction of sp³-hybridized carbons (Fsp3) is 0.542. The Morgan fingerprint density at radius 3 is 2.47 bits per heavy atom. The van der Waals surface area contributed by atoms with Crippen LogP contribution in [0.5, 0.6) is 0 Å². The molecule has 8 heteroatoms. The summed E-state index contributed by atoms with van der Waals surface area (Å²) in [6.07, 6.45) is 3.41. The number of rotatable bonds is 8. The van der Waals surface area contributed by atoms with Gasteiger partial charge in [-0.2, -0.15) is 0 Å². The van der Waals surface area contributed by atoms with E-state index in [1.165, 1.54) is 6.42 Å². The van der Waals surface area contributed by atoms with Gasteiger partial charge in [0.2, 0.25) is 15.9 Å². The van der Waals surface area contributed by atoms with E-state index >= 15 is 0 Å². The molecule has 2 aromatic rings. The van der Waals surface area contributed by atoms with Crippen LogP contribution in [0.25, 0.3) is 10.8 Å². The van der Waals surface area contributed by atoms with E-state index in [1.54, 1.807) is 18.2 Å². The molecular weight excluding hydrogens is 426 g/mol. The van der Waals surface area contributed by atoms with E-state index in [2.05, 4.69) is 9.62 Å². The lowest BCUT2D eigenvalue weighted by molar-refractivity contribution is -0.132. The van der Waals surface area contributed by atoms with E-state index < -0.39 is 10.0 Å². The van der Waals surface area contributed by atoms with Crippen molar-refractivity contribution in [2.45, 2.75) is 30.6 Å². The molecule has 2 aliphatic heterocycles. The molecule has 1 N–H and O–H groups in total. The largest absolute Gasteiger partial charge is 0.379 e. The van der Waals surface area contributed by atoms with Crippen molar-refractivity contribution in [1.82, 2.24) is 14.5 Å². The number of fused-ring (bicyclic) bond motifs is 1. The highest BCUT2D eigenvalue weighted by atomic mass is 32.2. The second-order valence-corrected chi connectivity index (χ2v) is 10.5. The molecule has 0 spiro atoms. The molecule has 2 saturated heterocycles. The summed E-state index contributed by atoms with van der Waals surface area (Å²) in [6, 6.07) is 12.7. The van der Waals surface area contributed by atoms with Crippen LogP contribution >= 0.6 is 0 Å². The number of ether oxygens (including phenoxy) is 1. The predicted molar refractivity (Wildman–Crippen MR) is 125 cm³/mol. The third-order valence-corrected chi connectivity index (χ3v) is 8.05. The van der Waals surface area contributed by atoms with Crippen molar-refractivity contribution < 1.29 is 17.9 Å². The van der Waals surface area contributed by atoms with E-state index in [1.807, 2.05) is 29.2 Å². The molecule has 1 amide bonds. The van der Waals surface area contributed by atoms with Crippen molar-refractivity contribution in [2.24, 2.45) is 5.92 Å². The molecule has 2 aliphatic rings. The quantitative estimate of drug-likeness (QED) is 0.656. The Bertz CT molecular complexity index is 1010. The van der Waals surface area contributed by atoms with Gasteiger partial charge in [-0.15, -0.1) is 0 Å². The van der Waals surface area contributed by atoms with Crippen LogP contribution in [-0.4, -0.2) is 76.6 Å². The fourth-order valence-electron chi connectivity index (χ4n) is 4.53. The first kappa shape index (κ1) is 23.2. The van der Waals surface area contributed by atoms with Crippen LogP contribution < -0.4 is 4.72 Å². The molecule has 0 unspecified atom stereocenters. The topological polar surface area (TPSA) is 79.0 Å². The SMILES string of the molecule is O=C(CCNS(=O)(=O)c1ccc2ccccc2c1)N1CCC(CCN2CCOCC2)CC1. The van der Waals surface area contributed by atoms with Crippen LogP contribution in [0.4, 0.5) is 0 Å². The summed E-state index contributed by atoms with van der Waals surface area (Å²) in [4.78, 5) is 17.1. The second kappa shape index (κ2) is 10.7. The van der Waals surface area contributed by atoms with Crippen LogP contribution in [0.2, 0.25) is 0 Å². The molecule has 7 nitrogen and oxygen atoms in total. The highest BCUT2D eigenvalue weighted by Crippen LogP contribution is 2.22. The van der Waals surface area contributed by atoms with Gasteiger partial charge in [0, 0.05) is 39.1 Å². The first-order chi connectivity index (χ1) is 15.5. The van der Waals surface area contributed by atoms with E-state index in [0.717, 1.165) is 69.6 Å². The number of hydrogen-bond acceptors (Lipinski definition) is 5. The Hall–Kier alpha value is -2.00. The molecule has 174 valence electrons. The smallest absolute Gasteiger partial charge is 0.240 e. The maximum absolute atomic E-state index is 12.6. The van der Waals surface area contributed by atoms with E-state index in [4.69, 9.17) is 4.74 Å². The summed E-state index contributed by atoms with van der Waals surface area (Å²) in [6.45, 7) is 6.46. The van der Waals surface area contributed by atoms with Gasteiger partial charge in [0.1, 0.15) is 0 Å². The third-order valence-electron chi connectivity index (χ3n) is 6.59. The molecular formula is C24H33N3O4S. The number of piperidine rings is 1. The molecule has 2 fully saturated rings. The number of likely N-dealkylation sites (tertiary alicyclic amines) is 1. The number of carbonyl (C=O) groups is 1. The predicted octanol–water partition coefficient (Wildman–Crippen LogP) is 2.47. The molecule has 0 aliphatic carbocycles. The maximum Gasteiger partial charge on any atom is 0.240 e. The van der Waals surface area contributed by atoms with Crippen molar-refractivity contribution >= 4 is 26.7 Å². The van der Waals surface area contributed by atoms with Crippen molar-refractivity contribution in [1.29, 1.82) is 0 Å². The third kappa shape index (κ3) is 6.07. The molecule has 32 heavy (non-hydrogen) atoms. The summed E-state index contributed by atoms with van der Waals surface area (Å²) < 4.78 is 33.2. The zero-order valence-electron chi connectivity index (χ0n) is 18.5. The monoisotopic (exact) mass is 459 g/mol. The highest BCUT2D eigenvalue weighted by molar-refractivity contribution is 7.89. The second-order valence-electron chi connectivity index (χ2n) is 8.72. The van der Waals surface area contributed by atoms with Crippen molar-refractivity contribution in [3.63, 3.8) is 0 Å². The van der Waals surface area contributed by atoms with Crippen LogP contribution in [0, 0.1) is 5.92 Å². The van der Waals surface area contributed by atoms with Crippen molar-refractivity contribution in [2.75, 3.05) is 52.5 Å². The summed E-state index contributed by atoms with van der Waals surface area (Å²) in [5.74, 6) is 0.686. The van der Waals surface area contributed by atoms with Crippen LogP contribution in [-0.2, 0) is 19.6 Å². The Morgan fingerprint density at radius 1 is 1.00 bits per heavy atom. The van der Waals surface area contributed by atoms with Gasteiger partial charge in [-0.25, -0.2) is 13.1 Å². The molecule has 2 heterocycles. The number of carbonyl (C=O) groups excluding carboxylic acids is 1. The standard InChI is InChI=1S/C24H33N3O4S/c28-24(27-13-9-20(10-14-27)8-12-26-15-17-31-18-16-26)7-11-25-32(29,30)23-6-5-21-3-1-2-4-22(21)19-23/h1-6,19-20,25H,7-18H2. The molecule has 0 bridgehead atoms. The molecule has 2 aromatic carbocycles. The first-order valence-electron chi connectivity index (χ1n) is 11.6. The number of benzene rings is 2. The lowest BCUT2D eigenvalue weighted by Gasteiger charge is -2.34. The van der Waals surface area contributed by atoms with Gasteiger partial charge in [-0.1, -0.05) is 30.3 Å². The number of nitrogens with one attached hydrogen (secondary N) is 1. The van der Waals surface area contributed by atoms with Crippen LogP contribution in [0.1, 0.15) is 25.7 Å². The van der Waals surface area contributed by atoms with Gasteiger partial charge >= 0.3 is 0 Å². The number of sulfonamides is 1. The average molecular weight is 460 g/mol. The lowest BCUT2D eigenvalue weighted by atomic mass is 9.93. The zero-order chi connectivity index (χ0) is 22.4. The van der Waals surface area contributed by atoms with Gasteiger partial charge in [-0.3, -0.25) is 9.69 Å². The van der Waals surface area contributed by atoms with E-state index in [-0.39, 0.29) is 23.8 Å². The Kier molecular flexibility index (Phi) is 7.78. The van der Waals surface area contributed by atoms with Crippen LogP contribution in [0.3, 0.4) is 0 Å². The summed E-state index contributed by atoms with van der Waals surface area (Å²) in [5.41, 5.74) is 0. The molecule has 4 rings (SSSR count). The highest BCUT2D eigenvalue weighted by Gasteiger charge is 2.24. The molecule has 0 aromatic heterocycles. The van der Waals surface area contributed by atoms with Crippen molar-refractivity contribution in [3.05, 3.63) is 42.5 Å². The van der Waals surface area contributed by atoms with Gasteiger partial charge in [0.15, 0.2) is 0 Å². The fourth-order valence-corrected chi connectivity index (χ4v) is 5.60. The first-order valence-corrected chi connectivity index (χ1v) is 13.1. The summed E-state index contributed by atoms with van der Waals surface area (Å²) in [5, 5.41) is 1.87. The number of hydrogen-bond donors (Lipinski definition) is 1. The summed E-state index contributed by atoms with van der Waals surface area (Å²) in [7, 11) is -3.64. The molecule has 0 radical (unpaired) electrons. The maximum atomic E-state index is 12.6.